The van der Waals surface area contributed by atoms with Gasteiger partial charge in [0.1, 0.15) is 5.69 Å². The van der Waals surface area contributed by atoms with Gasteiger partial charge in [0.2, 0.25) is 0 Å². The van der Waals surface area contributed by atoms with E-state index >= 15 is 0 Å². The summed E-state index contributed by atoms with van der Waals surface area (Å²) in [6.07, 6.45) is 2.54. The van der Waals surface area contributed by atoms with Gasteiger partial charge in [0.25, 0.3) is 5.91 Å². The van der Waals surface area contributed by atoms with Gasteiger partial charge in [0.05, 0.1) is 0 Å². The number of nitrogens with two attached hydrogens (primary N) is 1. The highest BCUT2D eigenvalue weighted by Crippen LogP contribution is 2.13. The first kappa shape index (κ1) is 10.1. The molecule has 2 rings (SSSR count). The molecule has 0 spiro atoms. The highest BCUT2D eigenvalue weighted by Gasteiger charge is 2.25. The van der Waals surface area contributed by atoms with Gasteiger partial charge in [-0.2, -0.15) is 0 Å². The van der Waals surface area contributed by atoms with E-state index in [1.54, 1.807) is 11.1 Å². The fraction of sp³-hybridized carbons (Fsp3) is 0.455. The minimum atomic E-state index is 0.000972. The number of hydrogen-bond donors (Lipinski definition) is 1. The maximum absolute atomic E-state index is 12.0. The SMILES string of the molecule is Cc1cccnc1C(=O)N1CCC(N)C1. The van der Waals surface area contributed by atoms with Crippen LogP contribution in [-0.4, -0.2) is 34.9 Å². The van der Waals surface area contributed by atoms with E-state index < -0.39 is 0 Å². The zero-order valence-electron chi connectivity index (χ0n) is 8.81. The first-order chi connectivity index (χ1) is 7.18. The van der Waals surface area contributed by atoms with Gasteiger partial charge < -0.3 is 10.6 Å². The van der Waals surface area contributed by atoms with Gasteiger partial charge in [-0.1, -0.05) is 6.07 Å². The Kier molecular flexibility index (Phi) is 2.68. The van der Waals surface area contributed by atoms with Gasteiger partial charge in [0.15, 0.2) is 0 Å². The molecule has 0 saturated carbocycles. The van der Waals surface area contributed by atoms with Crippen LogP contribution in [0.15, 0.2) is 18.3 Å². The molecule has 1 aliphatic rings. The quantitative estimate of drug-likeness (QED) is 0.729. The minimum absolute atomic E-state index is 0.000972. The molecule has 1 saturated heterocycles. The average molecular weight is 205 g/mol. The van der Waals surface area contributed by atoms with Gasteiger partial charge >= 0.3 is 0 Å². The van der Waals surface area contributed by atoms with Crippen molar-refractivity contribution in [1.29, 1.82) is 0 Å². The Labute approximate surface area is 89.1 Å². The standard InChI is InChI=1S/C11H15N3O/c1-8-3-2-5-13-10(8)11(15)14-6-4-9(12)7-14/h2-3,5,9H,4,6-7,12H2,1H3. The summed E-state index contributed by atoms with van der Waals surface area (Å²) < 4.78 is 0. The molecule has 1 aromatic heterocycles. The Morgan fingerprint density at radius 1 is 1.67 bits per heavy atom. The molecule has 0 aliphatic carbocycles. The number of pyridine rings is 1. The van der Waals surface area contributed by atoms with Crippen LogP contribution >= 0.6 is 0 Å². The fourth-order valence-corrected chi connectivity index (χ4v) is 1.83. The van der Waals surface area contributed by atoms with Gasteiger partial charge in [-0.05, 0) is 25.0 Å². The minimum Gasteiger partial charge on any atom is -0.336 e. The third-order valence-electron chi connectivity index (χ3n) is 2.72. The summed E-state index contributed by atoms with van der Waals surface area (Å²) >= 11 is 0. The summed E-state index contributed by atoms with van der Waals surface area (Å²) in [5, 5.41) is 0. The van der Waals surface area contributed by atoms with Crippen molar-refractivity contribution >= 4 is 5.91 Å². The molecule has 15 heavy (non-hydrogen) atoms. The molecule has 1 atom stereocenters. The fourth-order valence-electron chi connectivity index (χ4n) is 1.83. The molecule has 2 N–H and O–H groups in total. The van der Waals surface area contributed by atoms with Crippen LogP contribution in [0.5, 0.6) is 0 Å². The number of hydrogen-bond acceptors (Lipinski definition) is 3. The van der Waals surface area contributed by atoms with Gasteiger partial charge in [0, 0.05) is 25.3 Å². The Morgan fingerprint density at radius 3 is 3.07 bits per heavy atom. The normalized spacial score (nSPS) is 20.7. The highest BCUT2D eigenvalue weighted by atomic mass is 16.2. The van der Waals surface area contributed by atoms with Gasteiger partial charge in [-0.15, -0.1) is 0 Å². The smallest absolute Gasteiger partial charge is 0.272 e. The second-order valence-electron chi connectivity index (χ2n) is 3.97. The van der Waals surface area contributed by atoms with Crippen molar-refractivity contribution in [2.24, 2.45) is 5.73 Å². The molecule has 1 aliphatic heterocycles. The van der Waals surface area contributed by atoms with Crippen molar-refractivity contribution in [3.05, 3.63) is 29.6 Å². The lowest BCUT2D eigenvalue weighted by molar-refractivity contribution is 0.0784. The van der Waals surface area contributed by atoms with Crippen LogP contribution in [0.2, 0.25) is 0 Å². The predicted octanol–water partition coefficient (Wildman–Crippen LogP) is 0.563. The number of carbonyl (C=O) groups excluding carboxylic acids is 1. The van der Waals surface area contributed by atoms with Crippen molar-refractivity contribution in [3.8, 4) is 0 Å². The summed E-state index contributed by atoms with van der Waals surface area (Å²) in [7, 11) is 0. The number of aromatic nitrogens is 1. The van der Waals surface area contributed by atoms with E-state index in [9.17, 15) is 4.79 Å². The predicted molar refractivity (Wildman–Crippen MR) is 57.5 cm³/mol. The van der Waals surface area contributed by atoms with Crippen LogP contribution < -0.4 is 5.73 Å². The van der Waals surface area contributed by atoms with E-state index in [0.717, 1.165) is 18.5 Å². The van der Waals surface area contributed by atoms with E-state index in [4.69, 9.17) is 5.73 Å². The van der Waals surface area contributed by atoms with E-state index in [2.05, 4.69) is 4.98 Å². The van der Waals surface area contributed by atoms with Crippen LogP contribution in [0.25, 0.3) is 0 Å². The molecule has 4 nitrogen and oxygen atoms in total. The van der Waals surface area contributed by atoms with Crippen LogP contribution in [0.4, 0.5) is 0 Å². The molecular formula is C11H15N3O. The Hall–Kier alpha value is -1.42. The zero-order chi connectivity index (χ0) is 10.8. The summed E-state index contributed by atoms with van der Waals surface area (Å²) in [5.41, 5.74) is 7.23. The first-order valence-corrected chi connectivity index (χ1v) is 5.15. The monoisotopic (exact) mass is 205 g/mol. The molecule has 80 valence electrons. The molecule has 0 bridgehead atoms. The van der Waals surface area contributed by atoms with Crippen LogP contribution in [0, 0.1) is 6.92 Å². The lowest BCUT2D eigenvalue weighted by Crippen LogP contribution is -2.32. The van der Waals surface area contributed by atoms with Crippen molar-refractivity contribution in [2.45, 2.75) is 19.4 Å². The third-order valence-corrected chi connectivity index (χ3v) is 2.72. The lowest BCUT2D eigenvalue weighted by Gasteiger charge is -2.15. The average Bonchev–Trinajstić information content (AvgIpc) is 2.65. The second-order valence-corrected chi connectivity index (χ2v) is 3.97. The summed E-state index contributed by atoms with van der Waals surface area (Å²) in [6, 6.07) is 3.86. The van der Waals surface area contributed by atoms with E-state index in [1.165, 1.54) is 0 Å². The van der Waals surface area contributed by atoms with E-state index in [-0.39, 0.29) is 11.9 Å². The van der Waals surface area contributed by atoms with Gasteiger partial charge in [-0.25, -0.2) is 0 Å². The first-order valence-electron chi connectivity index (χ1n) is 5.15. The van der Waals surface area contributed by atoms with Gasteiger partial charge in [-0.3, -0.25) is 9.78 Å². The topological polar surface area (TPSA) is 59.2 Å². The van der Waals surface area contributed by atoms with Crippen LogP contribution in [-0.2, 0) is 0 Å². The maximum Gasteiger partial charge on any atom is 0.272 e. The molecule has 4 heteroatoms. The molecule has 0 aromatic carbocycles. The largest absolute Gasteiger partial charge is 0.336 e. The van der Waals surface area contributed by atoms with E-state index in [1.807, 2.05) is 19.1 Å². The molecule has 1 unspecified atom stereocenters. The van der Waals surface area contributed by atoms with Crippen molar-refractivity contribution in [3.63, 3.8) is 0 Å². The number of aryl methyl sites for hydroxylation is 1. The molecule has 1 fully saturated rings. The number of likely N-dealkylation sites (tertiary alicyclic amines) is 1. The summed E-state index contributed by atoms with van der Waals surface area (Å²) in [6.45, 7) is 3.29. The Balaban J connectivity index is 2.18. The summed E-state index contributed by atoms with van der Waals surface area (Å²) in [5.74, 6) is 0.000972. The Bertz CT molecular complexity index is 378. The van der Waals surface area contributed by atoms with E-state index in [0.29, 0.717) is 12.2 Å². The molecule has 0 radical (unpaired) electrons. The van der Waals surface area contributed by atoms with Crippen molar-refractivity contribution in [1.82, 2.24) is 9.88 Å². The lowest BCUT2D eigenvalue weighted by atomic mass is 10.2. The highest BCUT2D eigenvalue weighted by molar-refractivity contribution is 5.93. The maximum atomic E-state index is 12.0. The molecule has 1 aromatic rings. The van der Waals surface area contributed by atoms with Crippen LogP contribution in [0.3, 0.4) is 0 Å². The number of nitrogens with zero attached hydrogens (tertiary/aromatic N) is 2. The number of amides is 1. The van der Waals surface area contributed by atoms with Crippen molar-refractivity contribution < 1.29 is 4.79 Å². The Morgan fingerprint density at radius 2 is 2.47 bits per heavy atom. The molecular weight excluding hydrogens is 190 g/mol. The zero-order valence-corrected chi connectivity index (χ0v) is 8.81. The van der Waals surface area contributed by atoms with Crippen molar-refractivity contribution in [2.75, 3.05) is 13.1 Å². The molecule has 1 amide bonds. The summed E-state index contributed by atoms with van der Waals surface area (Å²) in [4.78, 5) is 17.9. The molecule has 2 heterocycles. The number of carbonyl (C=O) groups is 1. The van der Waals surface area contributed by atoms with Crippen LogP contribution in [0.1, 0.15) is 22.5 Å². The number of rotatable bonds is 1. The third kappa shape index (κ3) is 1.99. The second kappa shape index (κ2) is 3.98.